The number of carbonyl (C=O) groups is 1. The smallest absolute Gasteiger partial charge is 0.244 e. The lowest BCUT2D eigenvalue weighted by Gasteiger charge is -1.97. The van der Waals surface area contributed by atoms with Crippen molar-refractivity contribution in [1.29, 1.82) is 0 Å². The molecule has 0 unspecified atom stereocenters. The fourth-order valence-corrected chi connectivity index (χ4v) is 3.43. The number of aromatic nitrogens is 1. The molecule has 3 aromatic rings. The lowest BCUT2D eigenvalue weighted by molar-refractivity contribution is -0.116. The number of halogens is 1. The highest BCUT2D eigenvalue weighted by Gasteiger charge is 2.08. The molecule has 0 aliphatic rings. The van der Waals surface area contributed by atoms with Crippen LogP contribution < -0.4 is 5.32 Å². The number of thiophene rings is 1. The van der Waals surface area contributed by atoms with Crippen molar-refractivity contribution in [2.75, 3.05) is 0 Å². The third-order valence-electron chi connectivity index (χ3n) is 3.07. The molecule has 0 atom stereocenters. The van der Waals surface area contributed by atoms with Gasteiger partial charge in [-0.25, -0.2) is 0 Å². The molecule has 0 aliphatic carbocycles. The summed E-state index contributed by atoms with van der Waals surface area (Å²) in [7, 11) is 0. The van der Waals surface area contributed by atoms with Crippen molar-refractivity contribution in [2.24, 2.45) is 0 Å². The average Bonchev–Trinajstić information content (AvgIpc) is 3.07. The molecule has 3 rings (SSSR count). The molecule has 0 radical (unpaired) electrons. The van der Waals surface area contributed by atoms with Crippen LogP contribution in [0.1, 0.15) is 16.3 Å². The van der Waals surface area contributed by atoms with Gasteiger partial charge < -0.3 is 9.84 Å². The molecule has 0 aliphatic heterocycles. The van der Waals surface area contributed by atoms with E-state index in [1.807, 2.05) is 31.2 Å². The van der Waals surface area contributed by atoms with Crippen molar-refractivity contribution in [3.63, 3.8) is 0 Å². The highest BCUT2D eigenvalue weighted by Crippen LogP contribution is 2.35. The Morgan fingerprint density at radius 3 is 3.00 bits per heavy atom. The summed E-state index contributed by atoms with van der Waals surface area (Å²) in [6.07, 6.45) is 3.21. The standard InChI is InChI=1S/C16H13ClN2O2S/c1-10-8-11(19-21-10)9-18-15(20)7-6-14-16(17)12-4-2-3-5-13(12)22-14/h2-8H,9H2,1H3,(H,18,20). The molecule has 0 spiro atoms. The first-order valence-electron chi connectivity index (χ1n) is 6.68. The molecular weight excluding hydrogens is 320 g/mol. The van der Waals surface area contributed by atoms with Crippen molar-refractivity contribution in [3.8, 4) is 0 Å². The Kier molecular flexibility index (Phi) is 4.27. The Morgan fingerprint density at radius 2 is 2.27 bits per heavy atom. The molecule has 1 N–H and O–H groups in total. The van der Waals surface area contributed by atoms with E-state index in [9.17, 15) is 4.79 Å². The van der Waals surface area contributed by atoms with Gasteiger partial charge in [-0.15, -0.1) is 11.3 Å². The Balaban J connectivity index is 1.67. The zero-order valence-corrected chi connectivity index (χ0v) is 13.4. The molecule has 22 heavy (non-hydrogen) atoms. The van der Waals surface area contributed by atoms with Crippen molar-refractivity contribution in [1.82, 2.24) is 10.5 Å². The van der Waals surface area contributed by atoms with Crippen molar-refractivity contribution in [2.45, 2.75) is 13.5 Å². The van der Waals surface area contributed by atoms with Gasteiger partial charge in [0.15, 0.2) is 0 Å². The average molecular weight is 333 g/mol. The van der Waals surface area contributed by atoms with E-state index in [2.05, 4.69) is 10.5 Å². The van der Waals surface area contributed by atoms with Crippen molar-refractivity contribution < 1.29 is 9.32 Å². The Labute approximate surface area is 136 Å². The van der Waals surface area contributed by atoms with Crippen molar-refractivity contribution >= 4 is 45.0 Å². The third-order valence-corrected chi connectivity index (χ3v) is 4.72. The molecule has 112 valence electrons. The maximum Gasteiger partial charge on any atom is 0.244 e. The number of nitrogens with one attached hydrogen (secondary N) is 1. The number of hydrogen-bond donors (Lipinski definition) is 1. The van der Waals surface area contributed by atoms with Crippen LogP contribution in [0.5, 0.6) is 0 Å². The molecule has 2 heterocycles. The van der Waals surface area contributed by atoms with Crippen LogP contribution >= 0.6 is 22.9 Å². The van der Waals surface area contributed by atoms with Crippen LogP contribution in [0.4, 0.5) is 0 Å². The third kappa shape index (κ3) is 3.21. The largest absolute Gasteiger partial charge is 0.361 e. The van der Waals surface area contributed by atoms with Gasteiger partial charge in [0.05, 0.1) is 11.6 Å². The lowest BCUT2D eigenvalue weighted by atomic mass is 10.2. The van der Waals surface area contributed by atoms with Gasteiger partial charge in [0.25, 0.3) is 0 Å². The summed E-state index contributed by atoms with van der Waals surface area (Å²) < 4.78 is 6.04. The van der Waals surface area contributed by atoms with Gasteiger partial charge in [0, 0.05) is 27.1 Å². The zero-order chi connectivity index (χ0) is 15.5. The molecule has 0 saturated heterocycles. The van der Waals surface area contributed by atoms with Gasteiger partial charge in [-0.05, 0) is 19.1 Å². The van der Waals surface area contributed by atoms with Gasteiger partial charge in [-0.3, -0.25) is 4.79 Å². The summed E-state index contributed by atoms with van der Waals surface area (Å²) in [5.74, 6) is 0.519. The molecule has 0 bridgehead atoms. The maximum atomic E-state index is 11.8. The summed E-state index contributed by atoms with van der Waals surface area (Å²) in [5, 5.41) is 8.25. The fourth-order valence-electron chi connectivity index (χ4n) is 2.03. The van der Waals surface area contributed by atoms with E-state index in [4.69, 9.17) is 16.1 Å². The van der Waals surface area contributed by atoms with Crippen LogP contribution in [0.25, 0.3) is 16.2 Å². The molecular formula is C16H13ClN2O2S. The highest BCUT2D eigenvalue weighted by molar-refractivity contribution is 7.20. The van der Waals surface area contributed by atoms with Crippen LogP contribution in [0.2, 0.25) is 5.02 Å². The number of nitrogens with zero attached hydrogens (tertiary/aromatic N) is 1. The second-order valence-electron chi connectivity index (χ2n) is 4.76. The minimum absolute atomic E-state index is 0.200. The second kappa shape index (κ2) is 6.34. The summed E-state index contributed by atoms with van der Waals surface area (Å²) in [5.41, 5.74) is 0.694. The van der Waals surface area contributed by atoms with E-state index in [1.54, 1.807) is 23.5 Å². The summed E-state index contributed by atoms with van der Waals surface area (Å²) in [6.45, 7) is 2.14. The number of aryl methyl sites for hydroxylation is 1. The van der Waals surface area contributed by atoms with Crippen molar-refractivity contribution in [3.05, 3.63) is 57.8 Å². The number of amides is 1. The van der Waals surface area contributed by atoms with Gasteiger partial charge in [-0.2, -0.15) is 0 Å². The number of carbonyl (C=O) groups excluding carboxylic acids is 1. The SMILES string of the molecule is Cc1cc(CNC(=O)C=Cc2sc3ccccc3c2Cl)no1. The van der Waals surface area contributed by atoms with Gasteiger partial charge in [0.2, 0.25) is 5.91 Å². The summed E-state index contributed by atoms with van der Waals surface area (Å²) in [4.78, 5) is 12.7. The first kappa shape index (κ1) is 14.8. The number of hydrogen-bond acceptors (Lipinski definition) is 4. The predicted molar refractivity (Wildman–Crippen MR) is 89.0 cm³/mol. The Bertz CT molecular complexity index is 851. The molecule has 1 aromatic carbocycles. The second-order valence-corrected chi connectivity index (χ2v) is 6.22. The van der Waals surface area contributed by atoms with Gasteiger partial charge in [-0.1, -0.05) is 35.0 Å². The predicted octanol–water partition coefficient (Wildman–Crippen LogP) is 4.18. The monoisotopic (exact) mass is 332 g/mol. The minimum Gasteiger partial charge on any atom is -0.361 e. The first-order valence-corrected chi connectivity index (χ1v) is 7.88. The molecule has 1 amide bonds. The number of fused-ring (bicyclic) bond motifs is 1. The van der Waals surface area contributed by atoms with Gasteiger partial charge in [0.1, 0.15) is 11.5 Å². The van der Waals surface area contributed by atoms with Crippen LogP contribution in [0, 0.1) is 6.92 Å². The van der Waals surface area contributed by atoms with E-state index in [0.29, 0.717) is 17.3 Å². The molecule has 0 fully saturated rings. The summed E-state index contributed by atoms with van der Waals surface area (Å²) >= 11 is 7.88. The molecule has 2 aromatic heterocycles. The van der Waals surface area contributed by atoms with E-state index in [-0.39, 0.29) is 5.91 Å². The normalized spacial score (nSPS) is 11.4. The van der Waals surface area contributed by atoms with E-state index in [1.165, 1.54) is 6.08 Å². The van der Waals surface area contributed by atoms with E-state index >= 15 is 0 Å². The van der Waals surface area contributed by atoms with E-state index < -0.39 is 0 Å². The molecule has 4 nitrogen and oxygen atoms in total. The van der Waals surface area contributed by atoms with Crippen LogP contribution in [0.15, 0.2) is 40.9 Å². The van der Waals surface area contributed by atoms with Crippen LogP contribution in [-0.4, -0.2) is 11.1 Å². The molecule has 0 saturated carbocycles. The van der Waals surface area contributed by atoms with Crippen LogP contribution in [0.3, 0.4) is 0 Å². The summed E-state index contributed by atoms with van der Waals surface area (Å²) in [6, 6.07) is 9.68. The zero-order valence-electron chi connectivity index (χ0n) is 11.8. The lowest BCUT2D eigenvalue weighted by Crippen LogP contribution is -2.20. The Hall–Kier alpha value is -2.11. The molecule has 6 heteroatoms. The number of benzene rings is 1. The van der Waals surface area contributed by atoms with Crippen LogP contribution in [-0.2, 0) is 11.3 Å². The topological polar surface area (TPSA) is 55.1 Å². The maximum absolute atomic E-state index is 11.8. The quantitative estimate of drug-likeness (QED) is 0.729. The van der Waals surface area contributed by atoms with Gasteiger partial charge >= 0.3 is 0 Å². The number of rotatable bonds is 4. The first-order chi connectivity index (χ1) is 10.6. The highest BCUT2D eigenvalue weighted by atomic mass is 35.5. The fraction of sp³-hybridized carbons (Fsp3) is 0.125. The minimum atomic E-state index is -0.200. The Morgan fingerprint density at radius 1 is 1.45 bits per heavy atom. The van der Waals surface area contributed by atoms with E-state index in [0.717, 1.165) is 20.7 Å².